The molecule has 0 aliphatic heterocycles. The molecule has 5 aromatic carbocycles. The van der Waals surface area contributed by atoms with Crippen molar-refractivity contribution in [2.45, 2.75) is 31.6 Å². The lowest BCUT2D eigenvalue weighted by atomic mass is 10.1. The highest BCUT2D eigenvalue weighted by atomic mass is 35.5. The van der Waals surface area contributed by atoms with Crippen LogP contribution >= 0.6 is 11.6 Å². The van der Waals surface area contributed by atoms with Gasteiger partial charge in [-0.25, -0.2) is 4.18 Å². The number of aryl methyl sites for hydroxylation is 2. The second kappa shape index (κ2) is 17.5. The second-order valence-corrected chi connectivity index (χ2v) is 15.4. The summed E-state index contributed by atoms with van der Waals surface area (Å²) in [6.07, 6.45) is 0.815. The average Bonchev–Trinajstić information content (AvgIpc) is 3.16. The van der Waals surface area contributed by atoms with Crippen molar-refractivity contribution in [3.8, 4) is 5.75 Å². The maximum Gasteiger partial charge on any atom is 0.397 e. The molecule has 0 unspecified atom stereocenters. The Labute approximate surface area is 337 Å². The SMILES string of the molecule is CCN(c1cccc(C)c1)c1nc(Cl)nc(Nc2cccc(N=Nc3c(S(=O)(=O)O)cc4ccc(N=Nc5ccc(CCCOS(=O)(=O)O)cc5)c(N)c4c3O)c2)n1. The van der Waals surface area contributed by atoms with Crippen molar-refractivity contribution in [2.24, 2.45) is 20.5 Å². The number of nitrogens with two attached hydrogens (primary N) is 1. The first-order valence-corrected chi connectivity index (χ1v) is 20.5. The molecule has 1 aromatic heterocycles. The normalized spacial score (nSPS) is 12.2. The van der Waals surface area contributed by atoms with Crippen LogP contribution in [0.4, 0.5) is 51.7 Å². The number of benzene rings is 5. The maximum absolute atomic E-state index is 12.5. The zero-order chi connectivity index (χ0) is 41.6. The summed E-state index contributed by atoms with van der Waals surface area (Å²) in [6.45, 7) is 4.30. The van der Waals surface area contributed by atoms with Gasteiger partial charge in [0.25, 0.3) is 10.1 Å². The first-order chi connectivity index (χ1) is 27.6. The number of nitrogen functional groups attached to an aromatic ring is 1. The predicted octanol–water partition coefficient (Wildman–Crippen LogP) is 9.01. The molecule has 0 saturated heterocycles. The van der Waals surface area contributed by atoms with Crippen molar-refractivity contribution in [3.05, 3.63) is 107 Å². The van der Waals surface area contributed by atoms with Gasteiger partial charge < -0.3 is 21.1 Å². The number of rotatable bonds is 15. The minimum atomic E-state index is -4.92. The third-order valence-corrected chi connectivity index (χ3v) is 9.90. The molecule has 0 aliphatic carbocycles. The van der Waals surface area contributed by atoms with E-state index in [1.165, 1.54) is 12.1 Å². The Morgan fingerprint density at radius 2 is 1.60 bits per heavy atom. The summed E-state index contributed by atoms with van der Waals surface area (Å²) < 4.78 is 69.5. The minimum absolute atomic E-state index is 0.00928. The van der Waals surface area contributed by atoms with E-state index in [0.717, 1.165) is 22.9 Å². The number of anilines is 5. The molecule has 0 saturated carbocycles. The monoisotopic (exact) mass is 846 g/mol. The third-order valence-electron chi connectivity index (χ3n) is 8.40. The molecular formula is C37H35ClN10O8S2. The third kappa shape index (κ3) is 10.4. The van der Waals surface area contributed by atoms with Crippen LogP contribution in [0.1, 0.15) is 24.5 Å². The topological polar surface area (TPSA) is 268 Å². The van der Waals surface area contributed by atoms with E-state index >= 15 is 0 Å². The van der Waals surface area contributed by atoms with Gasteiger partial charge in [-0.3, -0.25) is 9.11 Å². The minimum Gasteiger partial charge on any atom is -0.505 e. The highest BCUT2D eigenvalue weighted by Gasteiger charge is 2.24. The number of azo groups is 2. The van der Waals surface area contributed by atoms with Gasteiger partial charge in [-0.15, -0.1) is 10.2 Å². The van der Waals surface area contributed by atoms with E-state index in [2.05, 4.69) is 44.9 Å². The smallest absolute Gasteiger partial charge is 0.397 e. The van der Waals surface area contributed by atoms with E-state index in [-0.39, 0.29) is 45.7 Å². The predicted molar refractivity (Wildman–Crippen MR) is 219 cm³/mol. The number of nitrogens with zero attached hydrogens (tertiary/aromatic N) is 8. The number of aromatic nitrogens is 3. The number of nitrogens with one attached hydrogen (secondary N) is 1. The molecule has 0 bridgehead atoms. The Hall–Kier alpha value is -6.16. The highest BCUT2D eigenvalue weighted by molar-refractivity contribution is 7.86. The fourth-order valence-corrected chi connectivity index (χ4v) is 6.89. The van der Waals surface area contributed by atoms with Gasteiger partial charge in [0.05, 0.1) is 29.1 Å². The Bertz CT molecular complexity index is 2770. The molecule has 0 radical (unpaired) electrons. The van der Waals surface area contributed by atoms with E-state index in [0.29, 0.717) is 36.7 Å². The van der Waals surface area contributed by atoms with Crippen molar-refractivity contribution in [3.63, 3.8) is 0 Å². The Morgan fingerprint density at radius 3 is 2.31 bits per heavy atom. The molecule has 6 N–H and O–H groups in total. The van der Waals surface area contributed by atoms with E-state index in [1.54, 1.807) is 48.5 Å². The van der Waals surface area contributed by atoms with E-state index < -0.39 is 36.8 Å². The lowest BCUT2D eigenvalue weighted by Gasteiger charge is -2.21. The molecule has 21 heteroatoms. The molecular weight excluding hydrogens is 812 g/mol. The van der Waals surface area contributed by atoms with Crippen molar-refractivity contribution in [1.29, 1.82) is 0 Å². The van der Waals surface area contributed by atoms with Gasteiger partial charge in [-0.05, 0) is 109 Å². The fraction of sp³-hybridized carbons (Fsp3) is 0.162. The number of aromatic hydroxyl groups is 1. The molecule has 6 rings (SSSR count). The highest BCUT2D eigenvalue weighted by Crippen LogP contribution is 2.46. The number of halogens is 1. The van der Waals surface area contributed by atoms with Gasteiger partial charge in [-0.2, -0.15) is 42.0 Å². The van der Waals surface area contributed by atoms with Crippen LogP contribution in [0.25, 0.3) is 10.8 Å². The van der Waals surface area contributed by atoms with Crippen LogP contribution < -0.4 is 16.0 Å². The zero-order valence-corrected chi connectivity index (χ0v) is 33.1. The summed E-state index contributed by atoms with van der Waals surface area (Å²) >= 11 is 6.29. The molecule has 0 atom stereocenters. The van der Waals surface area contributed by atoms with Crippen molar-refractivity contribution >= 4 is 94.6 Å². The van der Waals surface area contributed by atoms with Gasteiger partial charge in [0.1, 0.15) is 16.3 Å². The summed E-state index contributed by atoms with van der Waals surface area (Å²) in [5.41, 5.74) is 9.82. The van der Waals surface area contributed by atoms with Gasteiger partial charge in [0.2, 0.25) is 17.2 Å². The largest absolute Gasteiger partial charge is 0.505 e. The van der Waals surface area contributed by atoms with Gasteiger partial charge in [0.15, 0.2) is 5.75 Å². The number of fused-ring (bicyclic) bond motifs is 1. The average molecular weight is 847 g/mol. The molecule has 0 fully saturated rings. The zero-order valence-electron chi connectivity index (χ0n) is 30.7. The van der Waals surface area contributed by atoms with Crippen LogP contribution in [0.15, 0.2) is 116 Å². The Balaban J connectivity index is 1.25. The summed E-state index contributed by atoms with van der Waals surface area (Å²) in [4.78, 5) is 14.2. The fourth-order valence-electron chi connectivity index (χ4n) is 5.75. The molecule has 300 valence electrons. The second-order valence-electron chi connectivity index (χ2n) is 12.5. The Kier molecular flexibility index (Phi) is 12.5. The van der Waals surface area contributed by atoms with Crippen LogP contribution in [-0.2, 0) is 31.1 Å². The van der Waals surface area contributed by atoms with E-state index in [1.807, 2.05) is 43.0 Å². The summed E-state index contributed by atoms with van der Waals surface area (Å²) in [7, 11) is -9.42. The van der Waals surface area contributed by atoms with E-state index in [4.69, 9.17) is 21.9 Å². The summed E-state index contributed by atoms with van der Waals surface area (Å²) in [6, 6.07) is 25.2. The van der Waals surface area contributed by atoms with Gasteiger partial charge >= 0.3 is 10.4 Å². The number of phenolic OH excluding ortho intramolecular Hbond substituents is 1. The molecule has 0 spiro atoms. The molecule has 18 nitrogen and oxygen atoms in total. The summed E-state index contributed by atoms with van der Waals surface area (Å²) in [5, 5.41) is 31.2. The maximum atomic E-state index is 12.5. The van der Waals surface area contributed by atoms with Crippen molar-refractivity contribution in [2.75, 3.05) is 29.1 Å². The number of phenols is 1. The molecule has 58 heavy (non-hydrogen) atoms. The van der Waals surface area contributed by atoms with Crippen LogP contribution in [0.5, 0.6) is 5.75 Å². The van der Waals surface area contributed by atoms with Crippen LogP contribution in [0.2, 0.25) is 5.28 Å². The van der Waals surface area contributed by atoms with E-state index in [9.17, 15) is 26.5 Å². The van der Waals surface area contributed by atoms with Gasteiger partial charge in [-0.1, -0.05) is 36.4 Å². The van der Waals surface area contributed by atoms with Crippen LogP contribution in [0.3, 0.4) is 0 Å². The van der Waals surface area contributed by atoms with Gasteiger partial charge in [0, 0.05) is 17.9 Å². The van der Waals surface area contributed by atoms with Crippen molar-refractivity contribution in [1.82, 2.24) is 15.0 Å². The van der Waals surface area contributed by atoms with Crippen LogP contribution in [-0.4, -0.2) is 59.2 Å². The first-order valence-electron chi connectivity index (χ1n) is 17.3. The molecule has 1 heterocycles. The summed E-state index contributed by atoms with van der Waals surface area (Å²) in [5.74, 6) is -0.226. The lowest BCUT2D eigenvalue weighted by Crippen LogP contribution is -2.20. The lowest BCUT2D eigenvalue weighted by molar-refractivity contribution is 0.265. The number of hydrogen-bond acceptors (Lipinski definition) is 16. The van der Waals surface area contributed by atoms with Crippen molar-refractivity contribution < 1.29 is 35.2 Å². The molecule has 6 aromatic rings. The molecule has 0 aliphatic rings. The Morgan fingerprint density at radius 1 is 0.862 bits per heavy atom. The van der Waals surface area contributed by atoms with Crippen LogP contribution in [0, 0.1) is 6.92 Å². The first kappa shape index (κ1) is 41.5. The quantitative estimate of drug-likeness (QED) is 0.0279. The number of hydrogen-bond donors (Lipinski definition) is 5. The molecule has 0 amide bonds. The standard InChI is InChI=1S/C37H35ClN10O8S2/c1-3-48(28-11-4-7-22(2)19-28)37-42-35(38)41-36(43-37)40-26-9-5-10-27(21-26)45-47-33-30(57(50,51)52)20-24-14-17-29(32(39)31(24)34(33)49)46-44-25-15-12-23(13-16-25)8-6-18-56-58(53,54)55/h4-5,7,9-17,19-21,49H,3,6,8,18,39H2,1-2H3,(H,50,51,52)(H,53,54,55)(H,40,41,42,43).